The second-order valence-electron chi connectivity index (χ2n) is 8.49. The highest BCUT2D eigenvalue weighted by molar-refractivity contribution is 6.30. The third kappa shape index (κ3) is 4.33. The van der Waals surface area contributed by atoms with Gasteiger partial charge in [-0.2, -0.15) is 0 Å². The molecule has 2 aromatic rings. The van der Waals surface area contributed by atoms with Crippen molar-refractivity contribution in [2.24, 2.45) is 16.6 Å². The second-order valence-corrected chi connectivity index (χ2v) is 8.93. The van der Waals surface area contributed by atoms with E-state index in [0.717, 1.165) is 11.1 Å². The average Bonchev–Trinajstić information content (AvgIpc) is 3.00. The van der Waals surface area contributed by atoms with Crippen LogP contribution in [-0.2, 0) is 10.6 Å². The molecule has 6 nitrogen and oxygen atoms in total. The van der Waals surface area contributed by atoms with Gasteiger partial charge in [-0.15, -0.1) is 0 Å². The number of nitrogens with two attached hydrogens (primary N) is 1. The maximum atomic E-state index is 14.0. The van der Waals surface area contributed by atoms with E-state index in [0.29, 0.717) is 34.7 Å². The number of ether oxygens (including phenoxy) is 1. The van der Waals surface area contributed by atoms with Crippen molar-refractivity contribution in [2.45, 2.75) is 38.5 Å². The molecule has 2 aliphatic rings. The number of fused-ring (bicyclic) bond motifs is 2. The standard InChI is InChI=1S/C24H27ClFN3O3/c1-14(2)8-16(6-7-30)22-13-24(28-23(27)29(3)32-24)20-11-15(4-5-21(20)31-22)17-9-18(25)12-19(26)10-17/h4-5,8-12,16,22,30H,6-7,13H2,1-3H3,(H2,27,28). The first-order chi connectivity index (χ1) is 15.2. The average molecular weight is 460 g/mol. The van der Waals surface area contributed by atoms with Crippen LogP contribution in [0.1, 0.15) is 32.3 Å². The van der Waals surface area contributed by atoms with Crippen LogP contribution in [0.2, 0.25) is 5.02 Å². The number of allylic oxidation sites excluding steroid dienone is 1. The van der Waals surface area contributed by atoms with Crippen molar-refractivity contribution >= 4 is 17.6 Å². The number of benzene rings is 2. The predicted octanol–water partition coefficient (Wildman–Crippen LogP) is 4.61. The van der Waals surface area contributed by atoms with Gasteiger partial charge in [0.1, 0.15) is 17.7 Å². The molecule has 3 unspecified atom stereocenters. The second kappa shape index (κ2) is 8.73. The lowest BCUT2D eigenvalue weighted by Gasteiger charge is -2.39. The normalized spacial score (nSPS) is 22.9. The van der Waals surface area contributed by atoms with Crippen molar-refractivity contribution in [1.82, 2.24) is 5.06 Å². The van der Waals surface area contributed by atoms with E-state index in [1.54, 1.807) is 13.1 Å². The fourth-order valence-electron chi connectivity index (χ4n) is 4.36. The number of aliphatic hydroxyl groups excluding tert-OH is 1. The molecule has 0 aliphatic carbocycles. The molecule has 0 aromatic heterocycles. The Bertz CT molecular complexity index is 1070. The Hall–Kier alpha value is -2.61. The zero-order valence-corrected chi connectivity index (χ0v) is 19.1. The van der Waals surface area contributed by atoms with Gasteiger partial charge in [-0.1, -0.05) is 29.3 Å². The van der Waals surface area contributed by atoms with E-state index in [9.17, 15) is 9.50 Å². The zero-order valence-electron chi connectivity index (χ0n) is 18.3. The van der Waals surface area contributed by atoms with Crippen molar-refractivity contribution in [3.05, 3.63) is 64.5 Å². The smallest absolute Gasteiger partial charge is 0.221 e. The minimum atomic E-state index is -1.08. The summed E-state index contributed by atoms with van der Waals surface area (Å²) in [6, 6.07) is 9.98. The molecule has 2 aliphatic heterocycles. The molecule has 8 heteroatoms. The van der Waals surface area contributed by atoms with Gasteiger partial charge in [0.05, 0.1) is 5.56 Å². The van der Waals surface area contributed by atoms with Gasteiger partial charge in [0, 0.05) is 31.0 Å². The van der Waals surface area contributed by atoms with Crippen LogP contribution < -0.4 is 10.5 Å². The Kier molecular flexibility index (Phi) is 6.16. The first-order valence-electron chi connectivity index (χ1n) is 10.5. The maximum Gasteiger partial charge on any atom is 0.221 e. The van der Waals surface area contributed by atoms with Gasteiger partial charge in [-0.25, -0.2) is 19.3 Å². The highest BCUT2D eigenvalue weighted by atomic mass is 35.5. The van der Waals surface area contributed by atoms with Crippen LogP contribution in [0, 0.1) is 11.7 Å². The summed E-state index contributed by atoms with van der Waals surface area (Å²) in [5.41, 5.74) is 8.25. The molecule has 0 radical (unpaired) electrons. The molecule has 3 atom stereocenters. The Labute approximate surface area is 192 Å². The first kappa shape index (κ1) is 22.6. The number of aliphatic imine (C=N–C) groups is 1. The first-order valence-corrected chi connectivity index (χ1v) is 10.9. The van der Waals surface area contributed by atoms with Gasteiger partial charge in [-0.05, 0) is 61.7 Å². The molecule has 170 valence electrons. The number of aliphatic hydroxyl groups is 1. The van der Waals surface area contributed by atoms with E-state index in [4.69, 9.17) is 26.9 Å². The lowest BCUT2D eigenvalue weighted by atomic mass is 9.84. The summed E-state index contributed by atoms with van der Waals surface area (Å²) in [4.78, 5) is 10.9. The topological polar surface area (TPSA) is 80.3 Å². The molecule has 2 heterocycles. The Morgan fingerprint density at radius 3 is 2.75 bits per heavy atom. The largest absolute Gasteiger partial charge is 0.489 e. The van der Waals surface area contributed by atoms with Gasteiger partial charge in [0.25, 0.3) is 0 Å². The number of hydroxylamine groups is 2. The minimum Gasteiger partial charge on any atom is -0.489 e. The summed E-state index contributed by atoms with van der Waals surface area (Å²) in [6.07, 6.45) is 2.79. The van der Waals surface area contributed by atoms with Crippen LogP contribution in [0.25, 0.3) is 11.1 Å². The Balaban J connectivity index is 1.81. The molecule has 32 heavy (non-hydrogen) atoms. The SMILES string of the molecule is CC(C)=CC(CCO)C1CC2(N=C(N)N(C)O2)c2cc(-c3cc(F)cc(Cl)c3)ccc2O1. The van der Waals surface area contributed by atoms with Crippen molar-refractivity contribution in [3.63, 3.8) is 0 Å². The highest BCUT2D eigenvalue weighted by Gasteiger charge is 2.49. The van der Waals surface area contributed by atoms with Crippen molar-refractivity contribution in [2.75, 3.05) is 13.7 Å². The summed E-state index contributed by atoms with van der Waals surface area (Å²) in [6.45, 7) is 4.08. The highest BCUT2D eigenvalue weighted by Crippen LogP contribution is 2.48. The summed E-state index contributed by atoms with van der Waals surface area (Å²) in [5, 5.41) is 11.4. The van der Waals surface area contributed by atoms with Gasteiger partial charge in [0.15, 0.2) is 0 Å². The molecule has 0 amide bonds. The van der Waals surface area contributed by atoms with Crippen LogP contribution in [0.4, 0.5) is 4.39 Å². The van der Waals surface area contributed by atoms with E-state index >= 15 is 0 Å². The Morgan fingerprint density at radius 2 is 2.12 bits per heavy atom. The van der Waals surface area contributed by atoms with Gasteiger partial charge >= 0.3 is 0 Å². The molecular weight excluding hydrogens is 433 g/mol. The van der Waals surface area contributed by atoms with Gasteiger partial charge in [-0.3, -0.25) is 0 Å². The third-order valence-electron chi connectivity index (χ3n) is 5.75. The minimum absolute atomic E-state index is 0.0253. The van der Waals surface area contributed by atoms with Crippen LogP contribution >= 0.6 is 11.6 Å². The molecule has 4 rings (SSSR count). The molecule has 3 N–H and O–H groups in total. The van der Waals surface area contributed by atoms with Gasteiger partial charge < -0.3 is 15.6 Å². The van der Waals surface area contributed by atoms with Crippen molar-refractivity contribution in [1.29, 1.82) is 0 Å². The van der Waals surface area contributed by atoms with Crippen LogP contribution in [0.3, 0.4) is 0 Å². The summed E-state index contributed by atoms with van der Waals surface area (Å²) < 4.78 is 20.3. The number of nitrogens with zero attached hydrogens (tertiary/aromatic N) is 2. The van der Waals surface area contributed by atoms with E-state index in [1.165, 1.54) is 17.2 Å². The molecular formula is C24H27ClFN3O3. The zero-order chi connectivity index (χ0) is 23.0. The Morgan fingerprint density at radius 1 is 1.34 bits per heavy atom. The molecule has 0 saturated heterocycles. The number of halogens is 2. The summed E-state index contributed by atoms with van der Waals surface area (Å²) >= 11 is 6.07. The van der Waals surface area contributed by atoms with Crippen LogP contribution in [0.15, 0.2) is 53.0 Å². The maximum absolute atomic E-state index is 14.0. The van der Waals surface area contributed by atoms with E-state index in [-0.39, 0.29) is 24.6 Å². The summed E-state index contributed by atoms with van der Waals surface area (Å²) in [7, 11) is 1.70. The third-order valence-corrected chi connectivity index (χ3v) is 5.96. The van der Waals surface area contributed by atoms with Crippen LogP contribution in [-0.4, -0.2) is 35.9 Å². The molecule has 0 bridgehead atoms. The van der Waals surface area contributed by atoms with E-state index in [1.807, 2.05) is 32.0 Å². The lowest BCUT2D eigenvalue weighted by molar-refractivity contribution is -0.193. The number of rotatable bonds is 5. The fraction of sp³-hybridized carbons (Fsp3) is 0.375. The van der Waals surface area contributed by atoms with E-state index < -0.39 is 11.5 Å². The fourth-order valence-corrected chi connectivity index (χ4v) is 4.58. The quantitative estimate of drug-likeness (QED) is 0.638. The number of hydrogen-bond acceptors (Lipinski definition) is 6. The molecule has 1 spiro atoms. The summed E-state index contributed by atoms with van der Waals surface area (Å²) in [5.74, 6) is 0.438. The van der Waals surface area contributed by atoms with E-state index in [2.05, 4.69) is 11.1 Å². The predicted molar refractivity (Wildman–Crippen MR) is 123 cm³/mol. The number of hydrogen-bond donors (Lipinski definition) is 2. The van der Waals surface area contributed by atoms with Crippen LogP contribution in [0.5, 0.6) is 5.75 Å². The molecule has 2 aromatic carbocycles. The lowest BCUT2D eigenvalue weighted by Crippen LogP contribution is -2.42. The van der Waals surface area contributed by atoms with Crippen molar-refractivity contribution in [3.8, 4) is 16.9 Å². The monoisotopic (exact) mass is 459 g/mol. The van der Waals surface area contributed by atoms with Gasteiger partial charge in [0.2, 0.25) is 11.7 Å². The van der Waals surface area contributed by atoms with Crippen molar-refractivity contribution < 1.29 is 19.1 Å². The number of guanidine groups is 1. The molecule has 0 fully saturated rings. The molecule has 0 saturated carbocycles.